The Morgan fingerprint density at radius 1 is 1.50 bits per heavy atom. The number of rotatable bonds is 5. The highest BCUT2D eigenvalue weighted by molar-refractivity contribution is 9.10. The molecule has 2 atom stereocenters. The van der Waals surface area contributed by atoms with Crippen LogP contribution >= 0.6 is 15.9 Å². The molecule has 0 fully saturated rings. The van der Waals surface area contributed by atoms with E-state index in [2.05, 4.69) is 15.9 Å². The molecule has 0 aliphatic carbocycles. The SMILES string of the molecule is CC(C)C(C(=O)O)S(=O)Cc1cccc(F)c1Br. The van der Waals surface area contributed by atoms with Crippen LogP contribution in [0.5, 0.6) is 0 Å². The molecule has 6 heteroatoms. The standard InChI is InChI=1S/C12H14BrFO3S/c1-7(2)11(12(15)16)18(17)6-8-4-3-5-9(14)10(8)13/h3-5,7,11H,6H2,1-2H3,(H,15,16). The second kappa shape index (κ2) is 6.43. The molecular weight excluding hydrogens is 323 g/mol. The number of hydrogen-bond donors (Lipinski definition) is 1. The van der Waals surface area contributed by atoms with E-state index >= 15 is 0 Å². The van der Waals surface area contributed by atoms with Crippen LogP contribution in [0.15, 0.2) is 22.7 Å². The zero-order valence-corrected chi connectivity index (χ0v) is 12.4. The van der Waals surface area contributed by atoms with Gasteiger partial charge < -0.3 is 5.11 Å². The normalized spacial score (nSPS) is 14.5. The molecule has 1 N–H and O–H groups in total. The monoisotopic (exact) mass is 336 g/mol. The van der Waals surface area contributed by atoms with E-state index in [0.29, 0.717) is 5.56 Å². The molecule has 0 aromatic heterocycles. The summed E-state index contributed by atoms with van der Waals surface area (Å²) in [5.74, 6) is -1.75. The van der Waals surface area contributed by atoms with E-state index in [1.807, 2.05) is 0 Å². The smallest absolute Gasteiger partial charge is 0.319 e. The van der Waals surface area contributed by atoms with Crippen molar-refractivity contribution in [3.05, 3.63) is 34.1 Å². The van der Waals surface area contributed by atoms with Crippen LogP contribution in [0.25, 0.3) is 0 Å². The van der Waals surface area contributed by atoms with Gasteiger partial charge in [0.25, 0.3) is 0 Å². The number of halogens is 2. The number of carboxylic acid groups (broad SMARTS) is 1. The number of carbonyl (C=O) groups is 1. The van der Waals surface area contributed by atoms with Gasteiger partial charge in [-0.05, 0) is 33.5 Å². The van der Waals surface area contributed by atoms with E-state index in [1.54, 1.807) is 19.9 Å². The third kappa shape index (κ3) is 3.62. The lowest BCUT2D eigenvalue weighted by atomic mass is 10.1. The number of carboxylic acids is 1. The van der Waals surface area contributed by atoms with Gasteiger partial charge in [0.05, 0.1) is 10.2 Å². The average Bonchev–Trinajstić information content (AvgIpc) is 2.23. The van der Waals surface area contributed by atoms with Crippen LogP contribution in [-0.4, -0.2) is 20.5 Å². The van der Waals surface area contributed by atoms with Gasteiger partial charge in [-0.25, -0.2) is 4.39 Å². The molecule has 0 saturated carbocycles. The molecule has 0 aliphatic rings. The molecule has 0 amide bonds. The number of hydrogen-bond acceptors (Lipinski definition) is 2. The lowest BCUT2D eigenvalue weighted by Gasteiger charge is -2.16. The molecule has 0 radical (unpaired) electrons. The quantitative estimate of drug-likeness (QED) is 0.899. The average molecular weight is 337 g/mol. The maximum absolute atomic E-state index is 13.3. The van der Waals surface area contributed by atoms with Gasteiger partial charge >= 0.3 is 5.97 Å². The van der Waals surface area contributed by atoms with Crippen LogP contribution in [0, 0.1) is 11.7 Å². The molecule has 1 aromatic carbocycles. The third-order valence-electron chi connectivity index (χ3n) is 2.46. The summed E-state index contributed by atoms with van der Waals surface area (Å²) in [4.78, 5) is 11.0. The minimum atomic E-state index is -1.58. The summed E-state index contributed by atoms with van der Waals surface area (Å²) in [5.41, 5.74) is 0.514. The number of benzene rings is 1. The largest absolute Gasteiger partial charge is 0.480 e. The van der Waals surface area contributed by atoms with Gasteiger partial charge in [0.2, 0.25) is 0 Å². The molecule has 0 heterocycles. The molecule has 100 valence electrons. The summed E-state index contributed by atoms with van der Waals surface area (Å²) < 4.78 is 25.6. The topological polar surface area (TPSA) is 54.4 Å². The lowest BCUT2D eigenvalue weighted by Crippen LogP contribution is -2.31. The third-order valence-corrected chi connectivity index (χ3v) is 5.26. The van der Waals surface area contributed by atoms with E-state index in [4.69, 9.17) is 5.11 Å². The molecule has 0 bridgehead atoms. The van der Waals surface area contributed by atoms with Gasteiger partial charge in [0.15, 0.2) is 0 Å². The predicted octanol–water partition coefficient (Wildman–Crippen LogP) is 2.95. The lowest BCUT2D eigenvalue weighted by molar-refractivity contribution is -0.137. The summed E-state index contributed by atoms with van der Waals surface area (Å²) in [5, 5.41) is 8.09. The fourth-order valence-electron chi connectivity index (χ4n) is 1.60. The van der Waals surface area contributed by atoms with Crippen LogP contribution in [0.2, 0.25) is 0 Å². The summed E-state index contributed by atoms with van der Waals surface area (Å²) in [6, 6.07) is 4.43. The van der Waals surface area contributed by atoms with Gasteiger partial charge in [-0.15, -0.1) is 0 Å². The van der Waals surface area contributed by atoms with Gasteiger partial charge in [0, 0.05) is 10.8 Å². The predicted molar refractivity (Wildman–Crippen MR) is 72.2 cm³/mol. The first kappa shape index (κ1) is 15.3. The molecule has 3 nitrogen and oxygen atoms in total. The molecular formula is C12H14BrFO3S. The minimum absolute atomic E-state index is 0.0213. The Bertz CT molecular complexity index is 476. The maximum atomic E-state index is 13.3. The Labute approximate surface area is 116 Å². The second-order valence-corrected chi connectivity index (χ2v) is 6.59. The Balaban J connectivity index is 2.93. The van der Waals surface area contributed by atoms with Crippen LogP contribution in [-0.2, 0) is 21.3 Å². The van der Waals surface area contributed by atoms with Crippen LogP contribution in [0.3, 0.4) is 0 Å². The molecule has 2 unspecified atom stereocenters. The van der Waals surface area contributed by atoms with Crippen LogP contribution in [0.1, 0.15) is 19.4 Å². The summed E-state index contributed by atoms with van der Waals surface area (Å²) in [6.07, 6.45) is 0. The first-order valence-electron chi connectivity index (χ1n) is 5.37. The Kier molecular flexibility index (Phi) is 5.47. The van der Waals surface area contributed by atoms with Gasteiger partial charge in [-0.1, -0.05) is 26.0 Å². The molecule has 0 aliphatic heterocycles. The van der Waals surface area contributed by atoms with E-state index < -0.39 is 27.8 Å². The first-order chi connectivity index (χ1) is 8.34. The van der Waals surface area contributed by atoms with E-state index in [0.717, 1.165) is 0 Å². The summed E-state index contributed by atoms with van der Waals surface area (Å²) in [6.45, 7) is 3.41. The highest BCUT2D eigenvalue weighted by Gasteiger charge is 2.28. The Morgan fingerprint density at radius 3 is 2.61 bits per heavy atom. The van der Waals surface area contributed by atoms with Crippen molar-refractivity contribution in [2.75, 3.05) is 0 Å². The van der Waals surface area contributed by atoms with Crippen molar-refractivity contribution >= 4 is 32.7 Å². The molecule has 1 rings (SSSR count). The highest BCUT2D eigenvalue weighted by Crippen LogP contribution is 2.23. The molecule has 0 saturated heterocycles. The van der Waals surface area contributed by atoms with Gasteiger partial charge in [-0.2, -0.15) is 0 Å². The fraction of sp³-hybridized carbons (Fsp3) is 0.417. The van der Waals surface area contributed by atoms with E-state index in [-0.39, 0.29) is 16.1 Å². The Morgan fingerprint density at radius 2 is 2.11 bits per heavy atom. The van der Waals surface area contributed by atoms with Crippen molar-refractivity contribution in [3.8, 4) is 0 Å². The van der Waals surface area contributed by atoms with Gasteiger partial charge in [-0.3, -0.25) is 9.00 Å². The van der Waals surface area contributed by atoms with Crippen LogP contribution in [0.4, 0.5) is 4.39 Å². The van der Waals surface area contributed by atoms with Crippen molar-refractivity contribution in [2.24, 2.45) is 5.92 Å². The van der Waals surface area contributed by atoms with Crippen LogP contribution < -0.4 is 0 Å². The van der Waals surface area contributed by atoms with Crippen molar-refractivity contribution in [1.82, 2.24) is 0 Å². The van der Waals surface area contributed by atoms with Gasteiger partial charge in [0.1, 0.15) is 11.1 Å². The van der Waals surface area contributed by atoms with Crippen molar-refractivity contribution in [1.29, 1.82) is 0 Å². The summed E-state index contributed by atoms with van der Waals surface area (Å²) >= 11 is 3.08. The van der Waals surface area contributed by atoms with Crippen molar-refractivity contribution < 1.29 is 18.5 Å². The molecule has 18 heavy (non-hydrogen) atoms. The second-order valence-electron chi connectivity index (χ2n) is 4.24. The Hall–Kier alpha value is -0.750. The summed E-state index contributed by atoms with van der Waals surface area (Å²) in [7, 11) is -1.58. The van der Waals surface area contributed by atoms with E-state index in [9.17, 15) is 13.4 Å². The first-order valence-corrected chi connectivity index (χ1v) is 7.55. The zero-order chi connectivity index (χ0) is 13.9. The van der Waals surface area contributed by atoms with Crippen molar-refractivity contribution in [2.45, 2.75) is 24.9 Å². The fourth-order valence-corrected chi connectivity index (χ4v) is 3.75. The minimum Gasteiger partial charge on any atom is -0.480 e. The molecule has 1 aromatic rings. The maximum Gasteiger partial charge on any atom is 0.319 e. The number of aliphatic carboxylic acids is 1. The highest BCUT2D eigenvalue weighted by atomic mass is 79.9. The zero-order valence-electron chi connectivity index (χ0n) is 10.0. The van der Waals surface area contributed by atoms with E-state index in [1.165, 1.54) is 12.1 Å². The molecule has 0 spiro atoms. The van der Waals surface area contributed by atoms with Crippen molar-refractivity contribution in [3.63, 3.8) is 0 Å².